The Kier molecular flexibility index (Phi) is 4.76. The average Bonchev–Trinajstić information content (AvgIpc) is 3.14. The van der Waals surface area contributed by atoms with Crippen molar-refractivity contribution >= 4 is 16.8 Å². The molecule has 6 nitrogen and oxygen atoms in total. The van der Waals surface area contributed by atoms with E-state index in [1.165, 1.54) is 10.9 Å². The number of rotatable bonds is 4. The number of carbonyl (C=O) groups is 1. The van der Waals surface area contributed by atoms with Gasteiger partial charge in [0.2, 0.25) is 5.91 Å². The molecule has 1 aromatic carbocycles. The molecule has 4 rings (SSSR count). The fourth-order valence-corrected chi connectivity index (χ4v) is 4.91. The zero-order chi connectivity index (χ0) is 19.0. The summed E-state index contributed by atoms with van der Waals surface area (Å²) in [5.41, 5.74) is -0.0617. The molecule has 0 bridgehead atoms. The molecule has 27 heavy (non-hydrogen) atoms. The lowest BCUT2D eigenvalue weighted by Gasteiger charge is -2.40. The lowest BCUT2D eigenvalue weighted by molar-refractivity contribution is -0.131. The van der Waals surface area contributed by atoms with Crippen LogP contribution in [0.5, 0.6) is 0 Å². The molecule has 1 saturated heterocycles. The Morgan fingerprint density at radius 2 is 2.15 bits per heavy atom. The summed E-state index contributed by atoms with van der Waals surface area (Å²) in [6.07, 6.45) is 5.51. The van der Waals surface area contributed by atoms with E-state index in [-0.39, 0.29) is 23.8 Å². The van der Waals surface area contributed by atoms with Crippen molar-refractivity contribution in [2.24, 2.45) is 11.8 Å². The summed E-state index contributed by atoms with van der Waals surface area (Å²) in [7, 11) is 0. The second kappa shape index (κ2) is 7.08. The van der Waals surface area contributed by atoms with E-state index >= 15 is 0 Å². The first-order valence-electron chi connectivity index (χ1n) is 9.96. The van der Waals surface area contributed by atoms with Gasteiger partial charge in [-0.05, 0) is 37.3 Å². The van der Waals surface area contributed by atoms with E-state index in [0.717, 1.165) is 32.2 Å². The van der Waals surface area contributed by atoms with E-state index in [1.807, 2.05) is 30.0 Å². The third-order valence-electron chi connectivity index (χ3n) is 6.58. The summed E-state index contributed by atoms with van der Waals surface area (Å²) < 4.78 is 1.52. The largest absolute Gasteiger partial charge is 0.390 e. The van der Waals surface area contributed by atoms with E-state index in [1.54, 1.807) is 6.07 Å². The van der Waals surface area contributed by atoms with Crippen molar-refractivity contribution in [2.45, 2.75) is 51.2 Å². The van der Waals surface area contributed by atoms with Crippen LogP contribution < -0.4 is 5.56 Å². The van der Waals surface area contributed by atoms with Crippen LogP contribution in [0.1, 0.15) is 39.0 Å². The van der Waals surface area contributed by atoms with Crippen molar-refractivity contribution in [1.82, 2.24) is 14.5 Å². The molecule has 1 amide bonds. The van der Waals surface area contributed by atoms with Crippen LogP contribution in [0.2, 0.25) is 0 Å². The SMILES string of the molecule is CC[C@]1(O)CCC[C@H]2CN(C(=O)CCn3cnc4ccccc4c3=O)C[C@H]21. The van der Waals surface area contributed by atoms with Gasteiger partial charge in [0, 0.05) is 32.0 Å². The maximum absolute atomic E-state index is 12.7. The lowest BCUT2D eigenvalue weighted by atomic mass is 9.69. The van der Waals surface area contributed by atoms with Gasteiger partial charge in [-0.1, -0.05) is 25.5 Å². The molecule has 0 spiro atoms. The van der Waals surface area contributed by atoms with Crippen molar-refractivity contribution in [1.29, 1.82) is 0 Å². The normalized spacial score (nSPS) is 27.7. The van der Waals surface area contributed by atoms with Crippen LogP contribution in [0, 0.1) is 11.8 Å². The lowest BCUT2D eigenvalue weighted by Crippen LogP contribution is -2.44. The van der Waals surface area contributed by atoms with Gasteiger partial charge in [0.1, 0.15) is 0 Å². The maximum Gasteiger partial charge on any atom is 0.261 e. The minimum atomic E-state index is -0.628. The second-order valence-corrected chi connectivity index (χ2v) is 8.02. The Hall–Kier alpha value is -2.21. The highest BCUT2D eigenvalue weighted by Gasteiger charge is 2.48. The molecule has 144 valence electrons. The molecule has 1 aliphatic carbocycles. The van der Waals surface area contributed by atoms with Crippen LogP contribution in [-0.4, -0.2) is 44.2 Å². The fourth-order valence-electron chi connectivity index (χ4n) is 4.91. The Morgan fingerprint density at radius 3 is 2.96 bits per heavy atom. The zero-order valence-corrected chi connectivity index (χ0v) is 15.8. The van der Waals surface area contributed by atoms with E-state index in [4.69, 9.17) is 0 Å². The number of likely N-dealkylation sites (tertiary alicyclic amines) is 1. The number of benzene rings is 1. The molecular formula is C21H27N3O3. The summed E-state index contributed by atoms with van der Waals surface area (Å²) in [5.74, 6) is 0.644. The molecular weight excluding hydrogens is 342 g/mol. The number of carbonyl (C=O) groups excluding carboxylic acids is 1. The molecule has 6 heteroatoms. The smallest absolute Gasteiger partial charge is 0.261 e. The topological polar surface area (TPSA) is 75.4 Å². The van der Waals surface area contributed by atoms with Crippen molar-refractivity contribution in [3.8, 4) is 0 Å². The monoisotopic (exact) mass is 369 g/mol. The van der Waals surface area contributed by atoms with Crippen LogP contribution in [0.4, 0.5) is 0 Å². The third-order valence-corrected chi connectivity index (χ3v) is 6.58. The summed E-state index contributed by atoms with van der Waals surface area (Å²) in [4.78, 5) is 31.5. The quantitative estimate of drug-likeness (QED) is 0.896. The van der Waals surface area contributed by atoms with Gasteiger partial charge in [0.25, 0.3) is 5.56 Å². The molecule has 2 fully saturated rings. The van der Waals surface area contributed by atoms with E-state index in [9.17, 15) is 14.7 Å². The molecule has 1 aliphatic heterocycles. The first kappa shape index (κ1) is 18.2. The van der Waals surface area contributed by atoms with Gasteiger partial charge in [0.15, 0.2) is 0 Å². The first-order valence-corrected chi connectivity index (χ1v) is 9.96. The van der Waals surface area contributed by atoms with Gasteiger partial charge >= 0.3 is 0 Å². The standard InChI is InChI=1S/C21H27N3O3/c1-2-21(27)10-5-6-15-12-24(13-17(15)21)19(25)9-11-23-14-22-18-8-4-3-7-16(18)20(23)26/h3-4,7-8,14-15,17,27H,2,5-6,9-13H2,1H3/t15-,17+,21-/m0/s1. The number of para-hydroxylation sites is 1. The first-order chi connectivity index (χ1) is 13.0. The van der Waals surface area contributed by atoms with Crippen LogP contribution >= 0.6 is 0 Å². The molecule has 0 radical (unpaired) electrons. The molecule has 2 aromatic rings. The molecule has 3 atom stereocenters. The molecule has 2 heterocycles. The molecule has 1 aromatic heterocycles. The Bertz CT molecular complexity index is 909. The van der Waals surface area contributed by atoms with Crippen LogP contribution in [-0.2, 0) is 11.3 Å². The van der Waals surface area contributed by atoms with Crippen molar-refractivity contribution < 1.29 is 9.90 Å². The number of fused-ring (bicyclic) bond motifs is 2. The Morgan fingerprint density at radius 1 is 1.33 bits per heavy atom. The predicted molar refractivity (Wildman–Crippen MR) is 103 cm³/mol. The summed E-state index contributed by atoms with van der Waals surface area (Å²) in [6.45, 7) is 3.74. The number of aryl methyl sites for hydroxylation is 1. The van der Waals surface area contributed by atoms with Crippen LogP contribution in [0.15, 0.2) is 35.4 Å². The number of aromatic nitrogens is 2. The van der Waals surface area contributed by atoms with Gasteiger partial charge in [-0.15, -0.1) is 0 Å². The minimum Gasteiger partial charge on any atom is -0.390 e. The summed E-state index contributed by atoms with van der Waals surface area (Å²) in [6, 6.07) is 7.25. The van der Waals surface area contributed by atoms with Crippen LogP contribution in [0.25, 0.3) is 10.9 Å². The van der Waals surface area contributed by atoms with Gasteiger partial charge in [0.05, 0.1) is 22.8 Å². The van der Waals surface area contributed by atoms with E-state index in [0.29, 0.717) is 29.9 Å². The molecule has 0 unspecified atom stereocenters. The highest BCUT2D eigenvalue weighted by molar-refractivity contribution is 5.77. The maximum atomic E-state index is 12.7. The van der Waals surface area contributed by atoms with E-state index < -0.39 is 5.60 Å². The average molecular weight is 369 g/mol. The van der Waals surface area contributed by atoms with Crippen LogP contribution in [0.3, 0.4) is 0 Å². The number of hydrogen-bond acceptors (Lipinski definition) is 4. The van der Waals surface area contributed by atoms with Gasteiger partial charge in [-0.3, -0.25) is 14.2 Å². The van der Waals surface area contributed by atoms with Gasteiger partial charge < -0.3 is 10.0 Å². The predicted octanol–water partition coefficient (Wildman–Crippen LogP) is 2.19. The second-order valence-electron chi connectivity index (χ2n) is 8.02. The number of aliphatic hydroxyl groups is 1. The summed E-state index contributed by atoms with van der Waals surface area (Å²) in [5, 5.41) is 11.5. The Balaban J connectivity index is 1.43. The van der Waals surface area contributed by atoms with Gasteiger partial charge in [-0.2, -0.15) is 0 Å². The minimum absolute atomic E-state index is 0.0583. The number of nitrogens with zero attached hydrogens (tertiary/aromatic N) is 3. The number of hydrogen-bond donors (Lipinski definition) is 1. The van der Waals surface area contributed by atoms with Crippen molar-refractivity contribution in [3.05, 3.63) is 40.9 Å². The Labute approximate surface area is 158 Å². The summed E-state index contributed by atoms with van der Waals surface area (Å²) >= 11 is 0. The molecule has 2 aliphatic rings. The zero-order valence-electron chi connectivity index (χ0n) is 15.8. The van der Waals surface area contributed by atoms with Crippen molar-refractivity contribution in [3.63, 3.8) is 0 Å². The highest BCUT2D eigenvalue weighted by atomic mass is 16.3. The fraction of sp³-hybridized carbons (Fsp3) is 0.571. The molecule has 1 N–H and O–H groups in total. The molecule has 1 saturated carbocycles. The number of amides is 1. The van der Waals surface area contributed by atoms with E-state index in [2.05, 4.69) is 4.98 Å². The highest BCUT2D eigenvalue weighted by Crippen LogP contribution is 2.44. The van der Waals surface area contributed by atoms with Crippen molar-refractivity contribution in [2.75, 3.05) is 13.1 Å². The van der Waals surface area contributed by atoms with Gasteiger partial charge in [-0.25, -0.2) is 4.98 Å². The third kappa shape index (κ3) is 3.27.